The molecule has 0 aromatic heterocycles. The zero-order valence-corrected chi connectivity index (χ0v) is 13.4. The van der Waals surface area contributed by atoms with Crippen molar-refractivity contribution >= 4 is 52.6 Å². The van der Waals surface area contributed by atoms with Gasteiger partial charge >= 0.3 is 0 Å². The van der Waals surface area contributed by atoms with Gasteiger partial charge in [-0.2, -0.15) is 0 Å². The van der Waals surface area contributed by atoms with Crippen LogP contribution in [0.25, 0.3) is 6.08 Å². The Morgan fingerprint density at radius 2 is 1.68 bits per heavy atom. The molecule has 22 heavy (non-hydrogen) atoms. The van der Waals surface area contributed by atoms with E-state index >= 15 is 0 Å². The molecule has 0 radical (unpaired) electrons. The van der Waals surface area contributed by atoms with Crippen molar-refractivity contribution in [2.24, 2.45) is 4.99 Å². The second-order valence-electron chi connectivity index (χ2n) is 4.62. The summed E-state index contributed by atoms with van der Waals surface area (Å²) in [5.74, 6) is 0.226. The molecular formula is C16H9Cl3N2O. The Bertz CT molecular complexity index is 811. The zero-order chi connectivity index (χ0) is 15.7. The summed E-state index contributed by atoms with van der Waals surface area (Å²) in [6.45, 7) is 0. The number of hydrogen-bond acceptors (Lipinski definition) is 2. The molecule has 3 nitrogen and oxygen atoms in total. The third-order valence-corrected chi connectivity index (χ3v) is 4.05. The summed E-state index contributed by atoms with van der Waals surface area (Å²) in [5, 5.41) is 4.24. The molecule has 0 aliphatic carbocycles. The predicted octanol–water partition coefficient (Wildman–Crippen LogP) is 4.56. The van der Waals surface area contributed by atoms with Gasteiger partial charge in [0.25, 0.3) is 5.91 Å². The van der Waals surface area contributed by atoms with E-state index in [1.165, 1.54) is 0 Å². The monoisotopic (exact) mass is 350 g/mol. The van der Waals surface area contributed by atoms with Crippen molar-refractivity contribution in [2.75, 3.05) is 0 Å². The maximum atomic E-state index is 12.0. The Balaban J connectivity index is 1.93. The van der Waals surface area contributed by atoms with Gasteiger partial charge in [-0.05, 0) is 48.0 Å². The molecule has 0 saturated carbocycles. The van der Waals surface area contributed by atoms with Gasteiger partial charge in [0.2, 0.25) is 0 Å². The molecule has 1 amide bonds. The van der Waals surface area contributed by atoms with Crippen LogP contribution in [0.1, 0.15) is 11.1 Å². The minimum Gasteiger partial charge on any atom is -0.305 e. The molecule has 2 aromatic rings. The van der Waals surface area contributed by atoms with Crippen molar-refractivity contribution in [1.29, 1.82) is 0 Å². The number of halogens is 3. The lowest BCUT2D eigenvalue weighted by molar-refractivity contribution is -0.115. The molecule has 110 valence electrons. The summed E-state index contributed by atoms with van der Waals surface area (Å²) < 4.78 is 0. The van der Waals surface area contributed by atoms with Crippen LogP contribution in [-0.2, 0) is 4.79 Å². The number of carbonyl (C=O) groups excluding carboxylic acids is 1. The number of rotatable bonds is 2. The molecule has 1 heterocycles. The minimum atomic E-state index is -0.268. The number of benzene rings is 2. The van der Waals surface area contributed by atoms with Crippen LogP contribution in [0.5, 0.6) is 0 Å². The Morgan fingerprint density at radius 3 is 2.36 bits per heavy atom. The van der Waals surface area contributed by atoms with E-state index in [0.29, 0.717) is 26.6 Å². The highest BCUT2D eigenvalue weighted by Crippen LogP contribution is 2.24. The van der Waals surface area contributed by atoms with E-state index in [4.69, 9.17) is 34.8 Å². The van der Waals surface area contributed by atoms with Gasteiger partial charge < -0.3 is 5.32 Å². The first-order valence-electron chi connectivity index (χ1n) is 6.36. The first kappa shape index (κ1) is 15.1. The van der Waals surface area contributed by atoms with Crippen molar-refractivity contribution < 1.29 is 4.79 Å². The van der Waals surface area contributed by atoms with Crippen molar-refractivity contribution in [3.8, 4) is 0 Å². The lowest BCUT2D eigenvalue weighted by atomic mass is 10.2. The van der Waals surface area contributed by atoms with Crippen LogP contribution in [0.15, 0.2) is 53.2 Å². The summed E-state index contributed by atoms with van der Waals surface area (Å²) in [4.78, 5) is 16.3. The average Bonchev–Trinajstić information content (AvgIpc) is 2.85. The average molecular weight is 352 g/mol. The van der Waals surface area contributed by atoms with Gasteiger partial charge in [0.1, 0.15) is 11.5 Å². The minimum absolute atomic E-state index is 0.268. The highest BCUT2D eigenvalue weighted by atomic mass is 35.5. The lowest BCUT2D eigenvalue weighted by Crippen LogP contribution is -2.24. The number of nitrogens with one attached hydrogen (secondary N) is 1. The predicted molar refractivity (Wildman–Crippen MR) is 90.6 cm³/mol. The maximum Gasteiger partial charge on any atom is 0.275 e. The number of aliphatic imine (C=N–C) groups is 1. The van der Waals surface area contributed by atoms with E-state index in [1.54, 1.807) is 48.5 Å². The van der Waals surface area contributed by atoms with E-state index in [-0.39, 0.29) is 5.91 Å². The van der Waals surface area contributed by atoms with E-state index in [1.807, 2.05) is 0 Å². The molecular weight excluding hydrogens is 343 g/mol. The van der Waals surface area contributed by atoms with E-state index < -0.39 is 0 Å². The van der Waals surface area contributed by atoms with Gasteiger partial charge in [-0.25, -0.2) is 4.99 Å². The summed E-state index contributed by atoms with van der Waals surface area (Å²) in [6, 6.07) is 12.2. The Morgan fingerprint density at radius 1 is 0.955 bits per heavy atom. The molecule has 2 aromatic carbocycles. The zero-order valence-electron chi connectivity index (χ0n) is 11.1. The van der Waals surface area contributed by atoms with Gasteiger partial charge in [-0.1, -0.05) is 40.9 Å². The Kier molecular flexibility index (Phi) is 4.21. The second-order valence-corrected chi connectivity index (χ2v) is 5.88. The lowest BCUT2D eigenvalue weighted by Gasteiger charge is -1.99. The van der Waals surface area contributed by atoms with Crippen LogP contribution in [0.3, 0.4) is 0 Å². The highest BCUT2D eigenvalue weighted by Gasteiger charge is 2.21. The third-order valence-electron chi connectivity index (χ3n) is 3.06. The molecule has 0 saturated heterocycles. The SMILES string of the molecule is O=C1NC(c2ccc(Cl)cc2)=N/C1=C/c1ccc(Cl)c(Cl)c1. The van der Waals surface area contributed by atoms with Crippen LogP contribution in [0.2, 0.25) is 15.1 Å². The molecule has 0 bridgehead atoms. The fraction of sp³-hybridized carbons (Fsp3) is 0. The summed E-state index contributed by atoms with van der Waals surface area (Å²) in [5.41, 5.74) is 1.85. The fourth-order valence-electron chi connectivity index (χ4n) is 1.97. The number of hydrogen-bond donors (Lipinski definition) is 1. The van der Waals surface area contributed by atoms with Crippen molar-refractivity contribution in [3.05, 3.63) is 74.4 Å². The quantitative estimate of drug-likeness (QED) is 0.792. The standard InChI is InChI=1S/C16H9Cl3N2O/c17-11-4-2-10(3-5-11)15-20-14(16(22)21-15)8-9-1-6-12(18)13(19)7-9/h1-8H,(H,20,21,22)/b14-8+. The first-order valence-corrected chi connectivity index (χ1v) is 7.49. The fourth-order valence-corrected chi connectivity index (χ4v) is 2.41. The first-order chi connectivity index (χ1) is 10.5. The third kappa shape index (κ3) is 3.17. The molecule has 0 unspecified atom stereocenters. The van der Waals surface area contributed by atoms with Crippen molar-refractivity contribution in [1.82, 2.24) is 5.32 Å². The van der Waals surface area contributed by atoms with Crippen LogP contribution < -0.4 is 5.32 Å². The van der Waals surface area contributed by atoms with E-state index in [9.17, 15) is 4.79 Å². The van der Waals surface area contributed by atoms with E-state index in [2.05, 4.69) is 10.3 Å². The summed E-state index contributed by atoms with van der Waals surface area (Å²) in [7, 11) is 0. The van der Waals surface area contributed by atoms with Gasteiger partial charge in [0.15, 0.2) is 0 Å². The van der Waals surface area contributed by atoms with Gasteiger partial charge in [0, 0.05) is 10.6 Å². The molecule has 0 spiro atoms. The van der Waals surface area contributed by atoms with Crippen LogP contribution >= 0.6 is 34.8 Å². The van der Waals surface area contributed by atoms with Crippen LogP contribution in [0, 0.1) is 0 Å². The second kappa shape index (κ2) is 6.13. The molecule has 6 heteroatoms. The topological polar surface area (TPSA) is 41.5 Å². The smallest absolute Gasteiger partial charge is 0.275 e. The Hall–Kier alpha value is -1.81. The molecule has 1 N–H and O–H groups in total. The highest BCUT2D eigenvalue weighted by molar-refractivity contribution is 6.42. The van der Waals surface area contributed by atoms with Gasteiger partial charge in [-0.3, -0.25) is 4.79 Å². The summed E-state index contributed by atoms with van der Waals surface area (Å²) in [6.07, 6.45) is 1.65. The summed E-state index contributed by atoms with van der Waals surface area (Å²) >= 11 is 17.7. The number of carbonyl (C=O) groups is 1. The molecule has 3 rings (SSSR count). The van der Waals surface area contributed by atoms with Crippen LogP contribution in [-0.4, -0.2) is 11.7 Å². The normalized spacial score (nSPS) is 15.9. The van der Waals surface area contributed by atoms with Gasteiger partial charge in [-0.15, -0.1) is 0 Å². The van der Waals surface area contributed by atoms with Gasteiger partial charge in [0.05, 0.1) is 10.0 Å². The molecule has 0 fully saturated rings. The molecule has 1 aliphatic heterocycles. The van der Waals surface area contributed by atoms with Crippen molar-refractivity contribution in [2.45, 2.75) is 0 Å². The van der Waals surface area contributed by atoms with Crippen LogP contribution in [0.4, 0.5) is 0 Å². The van der Waals surface area contributed by atoms with Crippen molar-refractivity contribution in [3.63, 3.8) is 0 Å². The molecule has 0 atom stereocenters. The number of amides is 1. The number of nitrogens with zero attached hydrogens (tertiary/aromatic N) is 1. The van der Waals surface area contributed by atoms with E-state index in [0.717, 1.165) is 11.1 Å². The maximum absolute atomic E-state index is 12.0. The number of amidine groups is 1. The largest absolute Gasteiger partial charge is 0.305 e. The molecule has 1 aliphatic rings. The Labute approximate surface area is 142 Å².